The summed E-state index contributed by atoms with van der Waals surface area (Å²) in [7, 11) is 0. The Morgan fingerprint density at radius 1 is 1.54 bits per heavy atom. The van der Waals surface area contributed by atoms with Crippen molar-refractivity contribution in [2.45, 2.75) is 39.7 Å². The van der Waals surface area contributed by atoms with Crippen LogP contribution in [0, 0.1) is 5.41 Å². The fourth-order valence-electron chi connectivity index (χ4n) is 1.96. The van der Waals surface area contributed by atoms with Crippen LogP contribution in [0.1, 0.15) is 37.5 Å². The van der Waals surface area contributed by atoms with Crippen molar-refractivity contribution in [3.63, 3.8) is 0 Å². The van der Waals surface area contributed by atoms with Crippen molar-refractivity contribution in [2.75, 3.05) is 0 Å². The molecule has 13 heavy (non-hydrogen) atoms. The topological polar surface area (TPSA) is 48.9 Å². The lowest BCUT2D eigenvalue weighted by molar-refractivity contribution is 0.272. The van der Waals surface area contributed by atoms with Crippen molar-refractivity contribution >= 4 is 0 Å². The molecular weight excluding hydrogens is 164 g/mol. The van der Waals surface area contributed by atoms with E-state index in [0.29, 0.717) is 11.2 Å². The van der Waals surface area contributed by atoms with Gasteiger partial charge in [-0.2, -0.15) is 0 Å². The first-order valence-electron chi connectivity index (χ1n) is 4.78. The van der Waals surface area contributed by atoms with E-state index in [0.717, 1.165) is 18.5 Å². The van der Waals surface area contributed by atoms with Crippen LogP contribution < -0.4 is 0 Å². The number of hydrogen-bond acceptors (Lipinski definition) is 2. The van der Waals surface area contributed by atoms with E-state index in [1.54, 1.807) is 0 Å². The Labute approximate surface area is 78.2 Å². The third-order valence-electron chi connectivity index (χ3n) is 2.76. The maximum atomic E-state index is 8.92. The Hall–Kier alpha value is -0.830. The molecule has 2 rings (SSSR count). The van der Waals surface area contributed by atoms with Gasteiger partial charge in [0.15, 0.2) is 0 Å². The van der Waals surface area contributed by atoms with Gasteiger partial charge in [0.1, 0.15) is 12.4 Å². The number of aryl methyl sites for hydroxylation is 1. The van der Waals surface area contributed by atoms with Crippen molar-refractivity contribution < 1.29 is 5.11 Å². The molecule has 0 saturated carbocycles. The first-order valence-corrected chi connectivity index (χ1v) is 4.78. The molecule has 0 spiro atoms. The smallest absolute Gasteiger partial charge is 0.132 e. The molecule has 1 aliphatic rings. The fraction of sp³-hybridized carbons (Fsp3) is 0.700. The Bertz CT molecular complexity index is 315. The molecule has 3 heteroatoms. The predicted molar refractivity (Wildman–Crippen MR) is 50.3 cm³/mol. The highest BCUT2D eigenvalue weighted by Gasteiger charge is 2.27. The van der Waals surface area contributed by atoms with E-state index in [9.17, 15) is 0 Å². The van der Waals surface area contributed by atoms with Crippen molar-refractivity contribution in [3.05, 3.63) is 17.2 Å². The second kappa shape index (κ2) is 2.84. The minimum atomic E-state index is 0.0213. The van der Waals surface area contributed by atoms with Gasteiger partial charge >= 0.3 is 0 Å². The van der Waals surface area contributed by atoms with Gasteiger partial charge in [0.25, 0.3) is 0 Å². The minimum absolute atomic E-state index is 0.0213. The van der Waals surface area contributed by atoms with Crippen LogP contribution >= 0.6 is 0 Å². The molecule has 1 aliphatic carbocycles. The van der Waals surface area contributed by atoms with Gasteiger partial charge in [-0.25, -0.2) is 4.98 Å². The summed E-state index contributed by atoms with van der Waals surface area (Å²) in [6.45, 7) is 4.57. The molecule has 1 heterocycles. The molecule has 0 aromatic carbocycles. The van der Waals surface area contributed by atoms with Gasteiger partial charge in [-0.15, -0.1) is 0 Å². The third kappa shape index (κ3) is 1.61. The van der Waals surface area contributed by atoms with Gasteiger partial charge in [0.2, 0.25) is 0 Å². The van der Waals surface area contributed by atoms with Crippen LogP contribution in [0.3, 0.4) is 0 Å². The Morgan fingerprint density at radius 3 is 3.00 bits per heavy atom. The monoisotopic (exact) mass is 180 g/mol. The van der Waals surface area contributed by atoms with Crippen LogP contribution in [-0.4, -0.2) is 15.1 Å². The van der Waals surface area contributed by atoms with Gasteiger partial charge in [-0.05, 0) is 24.7 Å². The second-order valence-electron chi connectivity index (χ2n) is 4.61. The van der Waals surface area contributed by atoms with Gasteiger partial charge in [0, 0.05) is 5.69 Å². The number of imidazole rings is 1. The molecule has 0 saturated heterocycles. The molecule has 2 N–H and O–H groups in total. The van der Waals surface area contributed by atoms with Crippen LogP contribution in [0.4, 0.5) is 0 Å². The first-order chi connectivity index (χ1) is 6.11. The number of fused-ring (bicyclic) bond motifs is 1. The number of aromatic amines is 1. The molecular formula is C10H16N2O. The Morgan fingerprint density at radius 2 is 2.31 bits per heavy atom. The van der Waals surface area contributed by atoms with Gasteiger partial charge in [0.05, 0.1) is 5.69 Å². The normalized spacial score (nSPS) is 19.9. The summed E-state index contributed by atoms with van der Waals surface area (Å²) in [4.78, 5) is 7.51. The molecule has 0 amide bonds. The van der Waals surface area contributed by atoms with Crippen molar-refractivity contribution in [3.8, 4) is 0 Å². The minimum Gasteiger partial charge on any atom is -0.388 e. The van der Waals surface area contributed by atoms with Crippen molar-refractivity contribution in [2.24, 2.45) is 5.41 Å². The lowest BCUT2D eigenvalue weighted by Gasteiger charge is -2.28. The molecule has 3 nitrogen and oxygen atoms in total. The summed E-state index contributed by atoms with van der Waals surface area (Å²) < 4.78 is 0. The number of aliphatic hydroxyl groups is 1. The molecule has 0 fully saturated rings. The van der Waals surface area contributed by atoms with Crippen LogP contribution in [0.2, 0.25) is 0 Å². The maximum Gasteiger partial charge on any atom is 0.132 e. The summed E-state index contributed by atoms with van der Waals surface area (Å²) in [5.74, 6) is 0.711. The van der Waals surface area contributed by atoms with E-state index in [1.165, 1.54) is 12.1 Å². The molecule has 1 aromatic rings. The highest BCUT2D eigenvalue weighted by atomic mass is 16.3. The quantitative estimate of drug-likeness (QED) is 0.686. The summed E-state index contributed by atoms with van der Waals surface area (Å²) in [6.07, 6.45) is 3.28. The maximum absolute atomic E-state index is 8.92. The third-order valence-corrected chi connectivity index (χ3v) is 2.76. The molecule has 1 aromatic heterocycles. The number of rotatable bonds is 1. The number of aromatic nitrogens is 2. The number of H-pyrrole nitrogens is 1. The van der Waals surface area contributed by atoms with Crippen molar-refractivity contribution in [1.82, 2.24) is 9.97 Å². The van der Waals surface area contributed by atoms with Gasteiger partial charge in [-0.1, -0.05) is 13.8 Å². The number of nitrogens with one attached hydrogen (secondary N) is 1. The lowest BCUT2D eigenvalue weighted by atomic mass is 9.78. The zero-order chi connectivity index (χ0) is 9.47. The van der Waals surface area contributed by atoms with Crippen molar-refractivity contribution in [1.29, 1.82) is 0 Å². The SMILES string of the molecule is CC1(C)CCc2nc(CO)[nH]c2C1. The van der Waals surface area contributed by atoms with E-state index < -0.39 is 0 Å². The zero-order valence-electron chi connectivity index (χ0n) is 8.22. The highest BCUT2D eigenvalue weighted by molar-refractivity contribution is 5.19. The van der Waals surface area contributed by atoms with Crippen LogP contribution in [0.15, 0.2) is 0 Å². The summed E-state index contributed by atoms with van der Waals surface area (Å²) >= 11 is 0. The zero-order valence-corrected chi connectivity index (χ0v) is 8.22. The van der Waals surface area contributed by atoms with Crippen LogP contribution in [0.25, 0.3) is 0 Å². The van der Waals surface area contributed by atoms with E-state index in [4.69, 9.17) is 5.11 Å². The summed E-state index contributed by atoms with van der Waals surface area (Å²) in [6, 6.07) is 0. The largest absolute Gasteiger partial charge is 0.388 e. The molecule has 0 atom stereocenters. The Balaban J connectivity index is 2.30. The fourth-order valence-corrected chi connectivity index (χ4v) is 1.96. The number of nitrogens with zero attached hydrogens (tertiary/aromatic N) is 1. The second-order valence-corrected chi connectivity index (χ2v) is 4.61. The predicted octanol–water partition coefficient (Wildman–Crippen LogP) is 1.42. The van der Waals surface area contributed by atoms with E-state index >= 15 is 0 Å². The van der Waals surface area contributed by atoms with Crippen LogP contribution in [0.5, 0.6) is 0 Å². The van der Waals surface area contributed by atoms with Gasteiger partial charge < -0.3 is 10.1 Å². The average molecular weight is 180 g/mol. The standard InChI is InChI=1S/C10H16N2O/c1-10(2)4-3-7-8(5-10)12-9(6-13)11-7/h13H,3-6H2,1-2H3,(H,11,12). The van der Waals surface area contributed by atoms with Crippen LogP contribution in [-0.2, 0) is 19.4 Å². The average Bonchev–Trinajstić information content (AvgIpc) is 2.44. The molecule has 0 unspecified atom stereocenters. The van der Waals surface area contributed by atoms with E-state index in [1.807, 2.05) is 0 Å². The summed E-state index contributed by atoms with van der Waals surface area (Å²) in [5.41, 5.74) is 2.76. The molecule has 0 radical (unpaired) electrons. The molecule has 0 bridgehead atoms. The number of aliphatic hydroxyl groups excluding tert-OH is 1. The summed E-state index contributed by atoms with van der Waals surface area (Å²) in [5, 5.41) is 8.92. The number of hydrogen-bond donors (Lipinski definition) is 2. The first kappa shape index (κ1) is 8.75. The van der Waals surface area contributed by atoms with Gasteiger partial charge in [-0.3, -0.25) is 0 Å². The van der Waals surface area contributed by atoms with E-state index in [-0.39, 0.29) is 6.61 Å². The highest BCUT2D eigenvalue weighted by Crippen LogP contribution is 2.33. The molecule has 0 aliphatic heterocycles. The van der Waals surface area contributed by atoms with E-state index in [2.05, 4.69) is 23.8 Å². The molecule has 72 valence electrons. The lowest BCUT2D eigenvalue weighted by Crippen LogP contribution is -2.21. The Kier molecular flexibility index (Phi) is 1.91.